The van der Waals surface area contributed by atoms with Crippen molar-refractivity contribution in [2.75, 3.05) is 5.73 Å². The van der Waals surface area contributed by atoms with Crippen LogP contribution in [0.3, 0.4) is 0 Å². The lowest BCUT2D eigenvalue weighted by Crippen LogP contribution is -1.85. The molecule has 2 aromatic rings. The van der Waals surface area contributed by atoms with Gasteiger partial charge in [0.15, 0.2) is 0 Å². The Kier molecular flexibility index (Phi) is 3.25. The highest BCUT2D eigenvalue weighted by Crippen LogP contribution is 2.26. The number of aryl methyl sites for hydroxylation is 1. The standard InChI is InChI=1S/C8H8N2S.C2H6/c1-5-2-3-6(9)8-7(5)10-4-11-8;1-2/h2-4H,9H2,1H3;1-2H3. The number of nitrogens with zero attached hydrogens (tertiary/aromatic N) is 1. The minimum Gasteiger partial charge on any atom is -0.398 e. The normalized spacial score (nSPS) is 9.46. The highest BCUT2D eigenvalue weighted by Gasteiger charge is 2.01. The van der Waals surface area contributed by atoms with Crippen molar-refractivity contribution >= 4 is 27.2 Å². The molecule has 0 amide bonds. The SMILES string of the molecule is CC.Cc1ccc(N)c2scnc12. The third-order valence-corrected chi connectivity index (χ3v) is 2.59. The fourth-order valence-corrected chi connectivity index (χ4v) is 1.89. The van der Waals surface area contributed by atoms with Crippen molar-refractivity contribution in [3.63, 3.8) is 0 Å². The molecule has 0 aliphatic heterocycles. The predicted molar refractivity (Wildman–Crippen MR) is 60.1 cm³/mol. The summed E-state index contributed by atoms with van der Waals surface area (Å²) in [6, 6.07) is 3.92. The minimum atomic E-state index is 0.827. The molecule has 1 aromatic carbocycles. The van der Waals surface area contributed by atoms with Gasteiger partial charge in [-0.25, -0.2) is 4.98 Å². The highest BCUT2D eigenvalue weighted by molar-refractivity contribution is 7.17. The molecule has 0 unspecified atom stereocenters. The molecule has 0 bridgehead atoms. The van der Waals surface area contributed by atoms with Gasteiger partial charge in [0, 0.05) is 0 Å². The molecule has 0 saturated carbocycles. The topological polar surface area (TPSA) is 38.9 Å². The van der Waals surface area contributed by atoms with Crippen LogP contribution in [0, 0.1) is 6.92 Å². The third kappa shape index (κ3) is 1.80. The second-order valence-electron chi connectivity index (χ2n) is 2.50. The van der Waals surface area contributed by atoms with Crippen LogP contribution in [0.25, 0.3) is 10.2 Å². The number of thiazole rings is 1. The molecule has 2 rings (SSSR count). The maximum Gasteiger partial charge on any atom is 0.0862 e. The summed E-state index contributed by atoms with van der Waals surface area (Å²) in [6.45, 7) is 6.04. The zero-order valence-electron chi connectivity index (χ0n) is 8.16. The second kappa shape index (κ2) is 4.23. The molecule has 0 aliphatic rings. The van der Waals surface area contributed by atoms with Crippen LogP contribution in [0.1, 0.15) is 19.4 Å². The number of anilines is 1. The molecule has 0 fully saturated rings. The summed E-state index contributed by atoms with van der Waals surface area (Å²) in [7, 11) is 0. The summed E-state index contributed by atoms with van der Waals surface area (Å²) >= 11 is 1.59. The van der Waals surface area contributed by atoms with Gasteiger partial charge in [-0.3, -0.25) is 0 Å². The van der Waals surface area contributed by atoms with Crippen molar-refractivity contribution in [1.29, 1.82) is 0 Å². The molecule has 2 nitrogen and oxygen atoms in total. The van der Waals surface area contributed by atoms with Crippen molar-refractivity contribution in [2.45, 2.75) is 20.8 Å². The Morgan fingerprint density at radius 2 is 2.00 bits per heavy atom. The quantitative estimate of drug-likeness (QED) is 0.654. The molecule has 13 heavy (non-hydrogen) atoms. The van der Waals surface area contributed by atoms with Crippen LogP contribution < -0.4 is 5.73 Å². The lowest BCUT2D eigenvalue weighted by Gasteiger charge is -1.96. The lowest BCUT2D eigenvalue weighted by molar-refractivity contribution is 1.43. The van der Waals surface area contributed by atoms with Gasteiger partial charge in [-0.1, -0.05) is 19.9 Å². The monoisotopic (exact) mass is 194 g/mol. The van der Waals surface area contributed by atoms with E-state index >= 15 is 0 Å². The maximum atomic E-state index is 5.74. The van der Waals surface area contributed by atoms with Crippen LogP contribution in [0.2, 0.25) is 0 Å². The van der Waals surface area contributed by atoms with E-state index < -0.39 is 0 Å². The molecule has 0 atom stereocenters. The fraction of sp³-hybridized carbons (Fsp3) is 0.300. The Bertz CT molecular complexity index is 357. The summed E-state index contributed by atoms with van der Waals surface area (Å²) in [5, 5.41) is 0. The summed E-state index contributed by atoms with van der Waals surface area (Å²) in [5.74, 6) is 0. The molecule has 0 spiro atoms. The zero-order valence-corrected chi connectivity index (χ0v) is 8.98. The zero-order chi connectivity index (χ0) is 9.84. The van der Waals surface area contributed by atoms with Gasteiger partial charge in [0.05, 0.1) is 21.4 Å². The average Bonchev–Trinajstić information content (AvgIpc) is 2.64. The first-order valence-electron chi connectivity index (χ1n) is 4.37. The van der Waals surface area contributed by atoms with E-state index in [1.165, 1.54) is 5.56 Å². The average molecular weight is 194 g/mol. The number of nitrogens with two attached hydrogens (primary N) is 1. The molecule has 0 saturated heterocycles. The van der Waals surface area contributed by atoms with Gasteiger partial charge in [-0.15, -0.1) is 11.3 Å². The van der Waals surface area contributed by atoms with Gasteiger partial charge in [0.25, 0.3) is 0 Å². The molecule has 0 aliphatic carbocycles. The van der Waals surface area contributed by atoms with Crippen LogP contribution in [-0.4, -0.2) is 4.98 Å². The van der Waals surface area contributed by atoms with Crippen LogP contribution in [0.15, 0.2) is 17.6 Å². The van der Waals surface area contributed by atoms with Crippen molar-refractivity contribution in [3.8, 4) is 0 Å². The number of hydrogen-bond acceptors (Lipinski definition) is 3. The molecule has 0 radical (unpaired) electrons. The van der Waals surface area contributed by atoms with E-state index in [2.05, 4.69) is 4.98 Å². The summed E-state index contributed by atoms with van der Waals surface area (Å²) < 4.78 is 1.10. The number of hydrogen-bond donors (Lipinski definition) is 1. The van der Waals surface area contributed by atoms with E-state index in [1.54, 1.807) is 11.3 Å². The van der Waals surface area contributed by atoms with Gasteiger partial charge in [0.2, 0.25) is 0 Å². The number of fused-ring (bicyclic) bond motifs is 1. The summed E-state index contributed by atoms with van der Waals surface area (Å²) in [6.07, 6.45) is 0. The van der Waals surface area contributed by atoms with Crippen LogP contribution >= 0.6 is 11.3 Å². The number of nitrogen functional groups attached to an aromatic ring is 1. The molecule has 1 aromatic heterocycles. The van der Waals surface area contributed by atoms with Crippen molar-refractivity contribution in [1.82, 2.24) is 4.98 Å². The Hall–Kier alpha value is -1.09. The second-order valence-corrected chi connectivity index (χ2v) is 3.36. The molecule has 1 heterocycles. The first-order chi connectivity index (χ1) is 6.29. The van der Waals surface area contributed by atoms with Gasteiger partial charge < -0.3 is 5.73 Å². The number of aromatic nitrogens is 1. The van der Waals surface area contributed by atoms with Crippen molar-refractivity contribution in [2.24, 2.45) is 0 Å². The van der Waals surface area contributed by atoms with Crippen LogP contribution in [0.4, 0.5) is 5.69 Å². The Morgan fingerprint density at radius 3 is 2.62 bits per heavy atom. The Balaban J connectivity index is 0.000000396. The third-order valence-electron chi connectivity index (χ3n) is 1.72. The van der Waals surface area contributed by atoms with E-state index in [4.69, 9.17) is 5.73 Å². The van der Waals surface area contributed by atoms with Gasteiger partial charge in [-0.2, -0.15) is 0 Å². The van der Waals surface area contributed by atoms with Crippen LogP contribution in [0.5, 0.6) is 0 Å². The van der Waals surface area contributed by atoms with Crippen molar-refractivity contribution in [3.05, 3.63) is 23.2 Å². The van der Waals surface area contributed by atoms with Crippen molar-refractivity contribution < 1.29 is 0 Å². The predicted octanol–water partition coefficient (Wildman–Crippen LogP) is 3.21. The van der Waals surface area contributed by atoms with E-state index in [9.17, 15) is 0 Å². The highest BCUT2D eigenvalue weighted by atomic mass is 32.1. The molecule has 70 valence electrons. The molecule has 3 heteroatoms. The smallest absolute Gasteiger partial charge is 0.0862 e. The van der Waals surface area contributed by atoms with E-state index in [0.29, 0.717) is 0 Å². The van der Waals surface area contributed by atoms with Gasteiger partial charge in [-0.05, 0) is 18.6 Å². The van der Waals surface area contributed by atoms with E-state index in [0.717, 1.165) is 15.9 Å². The first-order valence-corrected chi connectivity index (χ1v) is 5.25. The minimum absolute atomic E-state index is 0.827. The number of rotatable bonds is 0. The van der Waals surface area contributed by atoms with Gasteiger partial charge in [0.1, 0.15) is 0 Å². The molecular weight excluding hydrogens is 180 g/mol. The molecular formula is C10H14N2S. The van der Waals surface area contributed by atoms with E-state index in [-0.39, 0.29) is 0 Å². The lowest BCUT2D eigenvalue weighted by atomic mass is 10.2. The largest absolute Gasteiger partial charge is 0.398 e. The summed E-state index contributed by atoms with van der Waals surface area (Å²) in [4.78, 5) is 4.22. The Labute approximate surface area is 82.4 Å². The van der Waals surface area contributed by atoms with Gasteiger partial charge >= 0.3 is 0 Å². The first kappa shape index (κ1) is 9.99. The number of benzene rings is 1. The Morgan fingerprint density at radius 1 is 1.31 bits per heavy atom. The summed E-state index contributed by atoms with van der Waals surface area (Å²) in [5.41, 5.74) is 10.6. The van der Waals surface area contributed by atoms with E-state index in [1.807, 2.05) is 38.4 Å². The fourth-order valence-electron chi connectivity index (χ4n) is 1.10. The van der Waals surface area contributed by atoms with Crippen LogP contribution in [-0.2, 0) is 0 Å². The maximum absolute atomic E-state index is 5.74. The molecule has 2 N–H and O–H groups in total.